The second-order valence-corrected chi connectivity index (χ2v) is 6.54. The van der Waals surface area contributed by atoms with Crippen molar-refractivity contribution >= 4 is 35.0 Å². The van der Waals surface area contributed by atoms with Crippen molar-refractivity contribution in [2.75, 3.05) is 12.4 Å². The summed E-state index contributed by atoms with van der Waals surface area (Å²) < 4.78 is 10.7. The first kappa shape index (κ1) is 20.2. The zero-order chi connectivity index (χ0) is 21.0. The van der Waals surface area contributed by atoms with Gasteiger partial charge in [-0.1, -0.05) is 23.7 Å². The fourth-order valence-electron chi connectivity index (χ4n) is 2.57. The number of nitrogens with zero attached hydrogens (tertiary/aromatic N) is 1. The highest BCUT2D eigenvalue weighted by Crippen LogP contribution is 2.29. The van der Waals surface area contributed by atoms with E-state index >= 15 is 0 Å². The minimum atomic E-state index is -0.590. The Kier molecular flexibility index (Phi) is 5.99. The lowest BCUT2D eigenvalue weighted by Gasteiger charge is -2.05. The Bertz CT molecular complexity index is 1100. The number of nitrogens with one attached hydrogen (secondary N) is 1. The molecule has 1 heterocycles. The molecule has 3 aromatic rings. The van der Waals surface area contributed by atoms with E-state index in [0.717, 1.165) is 11.1 Å². The third-order valence-corrected chi connectivity index (χ3v) is 4.55. The van der Waals surface area contributed by atoms with Crippen LogP contribution in [0.25, 0.3) is 17.4 Å². The molecule has 0 bridgehead atoms. The van der Waals surface area contributed by atoms with Gasteiger partial charge in [0.1, 0.15) is 23.0 Å². The van der Waals surface area contributed by atoms with Gasteiger partial charge < -0.3 is 14.5 Å². The Hall–Kier alpha value is -3.58. The van der Waals surface area contributed by atoms with Gasteiger partial charge in [-0.2, -0.15) is 0 Å². The number of rotatable bonds is 6. The predicted octanol–water partition coefficient (Wildman–Crippen LogP) is 5.48. The van der Waals surface area contributed by atoms with Crippen molar-refractivity contribution in [3.63, 3.8) is 0 Å². The van der Waals surface area contributed by atoms with Crippen molar-refractivity contribution < 1.29 is 18.9 Å². The molecule has 0 unspecified atom stereocenters. The molecule has 0 radical (unpaired) electrons. The normalized spacial score (nSPS) is 10.9. The quantitative estimate of drug-likeness (QED) is 0.328. The van der Waals surface area contributed by atoms with Crippen LogP contribution < -0.4 is 10.1 Å². The fraction of sp³-hybridized carbons (Fsp3) is 0.0952. The molecule has 8 heteroatoms. The first-order chi connectivity index (χ1) is 13.9. The van der Waals surface area contributed by atoms with Crippen molar-refractivity contribution in [1.29, 1.82) is 0 Å². The third-order valence-electron chi connectivity index (χ3n) is 4.14. The van der Waals surface area contributed by atoms with Gasteiger partial charge in [-0.3, -0.25) is 14.9 Å². The molecule has 1 N–H and O–H groups in total. The summed E-state index contributed by atoms with van der Waals surface area (Å²) in [4.78, 5) is 22.8. The topological polar surface area (TPSA) is 94.6 Å². The van der Waals surface area contributed by atoms with E-state index < -0.39 is 10.8 Å². The SMILES string of the molecule is COc1ccc(NC(=O)C=Cc2ccc(-c3ccc(C)c(Cl)c3)o2)c([N+](=O)[O-])c1. The third kappa shape index (κ3) is 4.83. The Balaban J connectivity index is 1.72. The van der Waals surface area contributed by atoms with Crippen LogP contribution in [0.4, 0.5) is 11.4 Å². The summed E-state index contributed by atoms with van der Waals surface area (Å²) >= 11 is 6.14. The number of aryl methyl sites for hydroxylation is 1. The fourth-order valence-corrected chi connectivity index (χ4v) is 2.75. The van der Waals surface area contributed by atoms with E-state index in [9.17, 15) is 14.9 Å². The number of methoxy groups -OCH3 is 1. The van der Waals surface area contributed by atoms with E-state index in [1.807, 2.05) is 19.1 Å². The van der Waals surface area contributed by atoms with E-state index in [-0.39, 0.29) is 11.4 Å². The molecule has 0 spiro atoms. The van der Waals surface area contributed by atoms with Crippen molar-refractivity contribution in [2.24, 2.45) is 0 Å². The van der Waals surface area contributed by atoms with Crippen molar-refractivity contribution in [2.45, 2.75) is 6.92 Å². The van der Waals surface area contributed by atoms with E-state index in [4.69, 9.17) is 20.8 Å². The molecule has 0 aliphatic heterocycles. The molecule has 1 aromatic heterocycles. The number of benzene rings is 2. The highest BCUT2D eigenvalue weighted by atomic mass is 35.5. The van der Waals surface area contributed by atoms with Gasteiger partial charge in [0.25, 0.3) is 5.69 Å². The number of carbonyl (C=O) groups is 1. The summed E-state index contributed by atoms with van der Waals surface area (Å²) in [6.45, 7) is 1.91. The van der Waals surface area contributed by atoms with Gasteiger partial charge >= 0.3 is 0 Å². The average Bonchev–Trinajstić information content (AvgIpc) is 3.17. The summed E-state index contributed by atoms with van der Waals surface area (Å²) in [5.74, 6) is 0.855. The minimum Gasteiger partial charge on any atom is -0.496 e. The smallest absolute Gasteiger partial charge is 0.296 e. The van der Waals surface area contributed by atoms with Crippen LogP contribution in [-0.4, -0.2) is 17.9 Å². The zero-order valence-electron chi connectivity index (χ0n) is 15.6. The second kappa shape index (κ2) is 8.62. The maximum absolute atomic E-state index is 12.2. The molecule has 0 saturated heterocycles. The van der Waals surface area contributed by atoms with Crippen molar-refractivity contribution in [3.05, 3.63) is 81.1 Å². The number of hydrogen-bond donors (Lipinski definition) is 1. The molecule has 7 nitrogen and oxygen atoms in total. The maximum atomic E-state index is 12.2. The highest BCUT2D eigenvalue weighted by molar-refractivity contribution is 6.31. The molecular formula is C21H17ClN2O5. The molecule has 0 fully saturated rings. The molecule has 29 heavy (non-hydrogen) atoms. The van der Waals surface area contributed by atoms with Crippen LogP contribution in [0.1, 0.15) is 11.3 Å². The number of furan rings is 1. The van der Waals surface area contributed by atoms with Crippen molar-refractivity contribution in [1.82, 2.24) is 0 Å². The molecule has 0 saturated carbocycles. The zero-order valence-corrected chi connectivity index (χ0v) is 16.4. The lowest BCUT2D eigenvalue weighted by Crippen LogP contribution is -2.09. The van der Waals surface area contributed by atoms with E-state index in [1.54, 1.807) is 18.2 Å². The largest absolute Gasteiger partial charge is 0.496 e. The molecule has 0 aliphatic rings. The predicted molar refractivity (Wildman–Crippen MR) is 111 cm³/mol. The summed E-state index contributed by atoms with van der Waals surface area (Å²) in [6, 6.07) is 13.2. The van der Waals surface area contributed by atoms with Crippen LogP contribution in [0.15, 0.2) is 59.0 Å². The second-order valence-electron chi connectivity index (χ2n) is 6.13. The average molecular weight is 413 g/mol. The number of carbonyl (C=O) groups excluding carboxylic acids is 1. The lowest BCUT2D eigenvalue weighted by atomic mass is 10.1. The maximum Gasteiger partial charge on any atom is 0.296 e. The highest BCUT2D eigenvalue weighted by Gasteiger charge is 2.16. The van der Waals surface area contributed by atoms with E-state index in [0.29, 0.717) is 22.3 Å². The van der Waals surface area contributed by atoms with Crippen molar-refractivity contribution in [3.8, 4) is 17.1 Å². The molecular weight excluding hydrogens is 396 g/mol. The van der Waals surface area contributed by atoms with Gasteiger partial charge in [-0.05, 0) is 48.9 Å². The molecule has 2 aromatic carbocycles. The molecule has 3 rings (SSSR count). The Morgan fingerprint density at radius 2 is 2.00 bits per heavy atom. The van der Waals surface area contributed by atoms with Gasteiger partial charge in [0.05, 0.1) is 18.1 Å². The van der Waals surface area contributed by atoms with Gasteiger partial charge in [0, 0.05) is 16.7 Å². The summed E-state index contributed by atoms with van der Waals surface area (Å²) in [6.07, 6.45) is 2.71. The van der Waals surface area contributed by atoms with Gasteiger partial charge in [0.2, 0.25) is 5.91 Å². The Morgan fingerprint density at radius 1 is 1.21 bits per heavy atom. The standard InChI is InChI=1S/C21H17ClN2O5/c1-13-3-4-14(11-17(13)22)20-9-6-15(29-20)7-10-21(25)23-18-8-5-16(28-2)12-19(18)24(26)27/h3-12H,1-2H3,(H,23,25). The molecule has 148 valence electrons. The summed E-state index contributed by atoms with van der Waals surface area (Å²) in [5.41, 5.74) is 1.59. The summed E-state index contributed by atoms with van der Waals surface area (Å²) in [5, 5.41) is 14.3. The molecule has 1 amide bonds. The van der Waals surface area contributed by atoms with Gasteiger partial charge in [-0.15, -0.1) is 0 Å². The summed E-state index contributed by atoms with van der Waals surface area (Å²) in [7, 11) is 1.40. The van der Waals surface area contributed by atoms with Crippen LogP contribution in [0.5, 0.6) is 5.75 Å². The Morgan fingerprint density at radius 3 is 2.69 bits per heavy atom. The number of anilines is 1. The van der Waals surface area contributed by atoms with Crippen LogP contribution >= 0.6 is 11.6 Å². The lowest BCUT2D eigenvalue weighted by molar-refractivity contribution is -0.384. The molecule has 0 aliphatic carbocycles. The first-order valence-corrected chi connectivity index (χ1v) is 8.93. The van der Waals surface area contributed by atoms with Gasteiger partial charge in [-0.25, -0.2) is 0 Å². The number of nitro benzene ring substituents is 1. The minimum absolute atomic E-state index is 0.0693. The van der Waals surface area contributed by atoms with Crippen LogP contribution in [0.3, 0.4) is 0 Å². The molecule has 0 atom stereocenters. The first-order valence-electron chi connectivity index (χ1n) is 8.55. The van der Waals surface area contributed by atoms with Crippen LogP contribution in [0, 0.1) is 17.0 Å². The van der Waals surface area contributed by atoms with Crippen LogP contribution in [0.2, 0.25) is 5.02 Å². The van der Waals surface area contributed by atoms with Crippen LogP contribution in [-0.2, 0) is 4.79 Å². The van der Waals surface area contributed by atoms with E-state index in [1.165, 1.54) is 37.5 Å². The van der Waals surface area contributed by atoms with Gasteiger partial charge in [0.15, 0.2) is 0 Å². The number of nitro groups is 1. The number of hydrogen-bond acceptors (Lipinski definition) is 5. The Labute approximate surface area is 171 Å². The number of halogens is 1. The van der Waals surface area contributed by atoms with E-state index in [2.05, 4.69) is 5.32 Å². The number of ether oxygens (including phenoxy) is 1. The monoisotopic (exact) mass is 412 g/mol. The number of amides is 1.